The van der Waals surface area contributed by atoms with E-state index in [0.29, 0.717) is 0 Å². The summed E-state index contributed by atoms with van der Waals surface area (Å²) in [6.45, 7) is 4.31. The van der Waals surface area contributed by atoms with Crippen LogP contribution in [-0.4, -0.2) is 29.4 Å². The first-order chi connectivity index (χ1) is 13.8. The molecule has 1 aromatic carbocycles. The first kappa shape index (κ1) is 18.9. The van der Waals surface area contributed by atoms with Crippen LogP contribution in [0.4, 0.5) is 19.0 Å². The van der Waals surface area contributed by atoms with Crippen LogP contribution < -0.4 is 5.32 Å². The zero-order chi connectivity index (χ0) is 20.6. The summed E-state index contributed by atoms with van der Waals surface area (Å²) in [5.41, 5.74) is 1.62. The highest BCUT2D eigenvalue weighted by atomic mass is 19.4. The van der Waals surface area contributed by atoms with Gasteiger partial charge in [0.2, 0.25) is 0 Å². The van der Waals surface area contributed by atoms with Crippen molar-refractivity contribution in [2.45, 2.75) is 32.5 Å². The molecule has 4 rings (SSSR count). The number of halogens is 3. The van der Waals surface area contributed by atoms with E-state index in [1.165, 1.54) is 10.8 Å². The highest BCUT2D eigenvalue weighted by Gasteiger charge is 2.34. The van der Waals surface area contributed by atoms with Gasteiger partial charge >= 0.3 is 6.18 Å². The molecule has 0 radical (unpaired) electrons. The maximum atomic E-state index is 13.2. The van der Waals surface area contributed by atoms with E-state index in [1.54, 1.807) is 4.68 Å². The summed E-state index contributed by atoms with van der Waals surface area (Å²) < 4.78 is 42.5. The number of aromatic nitrogens is 6. The molecule has 7 nitrogen and oxygen atoms in total. The number of nitrogens with zero attached hydrogens (tertiary/aromatic N) is 6. The van der Waals surface area contributed by atoms with E-state index >= 15 is 0 Å². The van der Waals surface area contributed by atoms with Gasteiger partial charge in [-0.1, -0.05) is 32.0 Å². The lowest BCUT2D eigenvalue weighted by atomic mass is 10.1. The number of alkyl halides is 3. The van der Waals surface area contributed by atoms with Crippen molar-refractivity contribution >= 4 is 11.6 Å². The number of nitrogens with one attached hydrogen (secondary N) is 1. The molecule has 0 unspecified atom stereocenters. The predicted octanol–water partition coefficient (Wildman–Crippen LogP) is 4.06. The molecule has 10 heteroatoms. The Kier molecular flexibility index (Phi) is 4.69. The molecule has 0 amide bonds. The van der Waals surface area contributed by atoms with E-state index in [0.717, 1.165) is 23.0 Å². The van der Waals surface area contributed by atoms with Crippen molar-refractivity contribution in [1.29, 1.82) is 0 Å². The fourth-order valence-corrected chi connectivity index (χ4v) is 3.03. The van der Waals surface area contributed by atoms with Crippen LogP contribution in [0.2, 0.25) is 0 Å². The Morgan fingerprint density at radius 2 is 1.90 bits per heavy atom. The Morgan fingerprint density at radius 3 is 2.59 bits per heavy atom. The Bertz CT molecular complexity index is 1130. The monoisotopic (exact) mass is 401 g/mol. The average molecular weight is 401 g/mol. The number of anilines is 1. The second kappa shape index (κ2) is 7.19. The van der Waals surface area contributed by atoms with E-state index in [-0.39, 0.29) is 24.1 Å². The Morgan fingerprint density at radius 1 is 1.14 bits per heavy atom. The van der Waals surface area contributed by atoms with Crippen LogP contribution in [0, 0.1) is 0 Å². The number of fused-ring (bicyclic) bond motifs is 1. The summed E-state index contributed by atoms with van der Waals surface area (Å²) in [6.07, 6.45) is -1.53. The molecule has 0 aliphatic rings. The molecule has 0 saturated heterocycles. The molecule has 0 saturated carbocycles. The van der Waals surface area contributed by atoms with Crippen LogP contribution in [0.15, 0.2) is 48.9 Å². The first-order valence-corrected chi connectivity index (χ1v) is 8.98. The molecular formula is C19H18F3N7. The summed E-state index contributed by atoms with van der Waals surface area (Å²) in [5.74, 6) is 0.180. The minimum absolute atomic E-state index is 0.119. The van der Waals surface area contributed by atoms with Crippen molar-refractivity contribution in [2.24, 2.45) is 0 Å². The zero-order valence-electron chi connectivity index (χ0n) is 15.7. The Labute approximate surface area is 164 Å². The van der Waals surface area contributed by atoms with Gasteiger partial charge in [-0.15, -0.1) is 0 Å². The minimum atomic E-state index is -4.58. The lowest BCUT2D eigenvalue weighted by Crippen LogP contribution is -2.13. The molecule has 3 heterocycles. The van der Waals surface area contributed by atoms with Gasteiger partial charge in [0.1, 0.15) is 12.1 Å². The molecule has 0 aliphatic heterocycles. The number of para-hydroxylation sites is 1. The normalized spacial score (nSPS) is 12.1. The molecule has 29 heavy (non-hydrogen) atoms. The van der Waals surface area contributed by atoms with Crippen molar-refractivity contribution in [3.05, 3.63) is 65.9 Å². The smallest absolute Gasteiger partial charge is 0.366 e. The van der Waals surface area contributed by atoms with E-state index in [1.807, 2.05) is 50.4 Å². The van der Waals surface area contributed by atoms with Crippen molar-refractivity contribution in [2.75, 3.05) is 5.32 Å². The lowest BCUT2D eigenvalue weighted by Gasteiger charge is -2.12. The molecule has 0 fully saturated rings. The fourth-order valence-electron chi connectivity index (χ4n) is 3.03. The van der Waals surface area contributed by atoms with Crippen LogP contribution in [0.5, 0.6) is 0 Å². The Hall–Kier alpha value is -3.43. The minimum Gasteiger partial charge on any atom is -0.366 e. The third-order valence-corrected chi connectivity index (χ3v) is 4.39. The van der Waals surface area contributed by atoms with Crippen LogP contribution in [-0.2, 0) is 12.7 Å². The van der Waals surface area contributed by atoms with Gasteiger partial charge in [-0.2, -0.15) is 32.9 Å². The van der Waals surface area contributed by atoms with Crippen molar-refractivity contribution < 1.29 is 13.2 Å². The lowest BCUT2D eigenvalue weighted by molar-refractivity contribution is -0.141. The fraction of sp³-hybridized carbons (Fsp3) is 0.263. The second-order valence-corrected chi connectivity index (χ2v) is 6.82. The average Bonchev–Trinajstić information content (AvgIpc) is 3.33. The molecule has 4 aromatic rings. The van der Waals surface area contributed by atoms with E-state index in [9.17, 15) is 13.2 Å². The summed E-state index contributed by atoms with van der Waals surface area (Å²) in [7, 11) is 0. The van der Waals surface area contributed by atoms with Gasteiger partial charge in [0, 0.05) is 24.4 Å². The largest absolute Gasteiger partial charge is 0.433 e. The van der Waals surface area contributed by atoms with Crippen molar-refractivity contribution in [3.63, 3.8) is 0 Å². The molecule has 0 spiro atoms. The van der Waals surface area contributed by atoms with Gasteiger partial charge < -0.3 is 5.32 Å². The maximum Gasteiger partial charge on any atom is 0.433 e. The molecule has 150 valence electrons. The van der Waals surface area contributed by atoms with Crippen molar-refractivity contribution in [1.82, 2.24) is 29.4 Å². The van der Waals surface area contributed by atoms with Crippen LogP contribution >= 0.6 is 0 Å². The molecule has 0 atom stereocenters. The van der Waals surface area contributed by atoms with E-state index in [2.05, 4.69) is 25.5 Å². The standard InChI is InChI=1S/C19H18F3N7/c1-12(2)17-13(10-28(27-17)14-6-4-3-5-7-14)9-23-16-8-15(19(20,21)22)26-18-24-11-25-29(16)18/h3-8,10-12,23H,9H2,1-2H3. The van der Waals surface area contributed by atoms with Crippen LogP contribution in [0.25, 0.3) is 11.5 Å². The zero-order valence-corrected chi connectivity index (χ0v) is 15.7. The molecule has 1 N–H and O–H groups in total. The number of benzene rings is 1. The van der Waals surface area contributed by atoms with Crippen LogP contribution in [0.1, 0.15) is 36.7 Å². The quantitative estimate of drug-likeness (QED) is 0.546. The third kappa shape index (κ3) is 3.78. The van der Waals surface area contributed by atoms with Gasteiger partial charge in [-0.05, 0) is 18.1 Å². The summed E-state index contributed by atoms with van der Waals surface area (Å²) in [4.78, 5) is 7.30. The van der Waals surface area contributed by atoms with Gasteiger partial charge in [0.05, 0.1) is 11.4 Å². The summed E-state index contributed by atoms with van der Waals surface area (Å²) in [6, 6.07) is 10.6. The molecule has 0 bridgehead atoms. The van der Waals surface area contributed by atoms with E-state index in [4.69, 9.17) is 0 Å². The topological polar surface area (TPSA) is 72.9 Å². The number of rotatable bonds is 5. The maximum absolute atomic E-state index is 13.2. The molecular weight excluding hydrogens is 383 g/mol. The number of hydrogen-bond acceptors (Lipinski definition) is 5. The molecule has 3 aromatic heterocycles. The van der Waals surface area contributed by atoms with Crippen LogP contribution in [0.3, 0.4) is 0 Å². The number of hydrogen-bond donors (Lipinski definition) is 1. The van der Waals surface area contributed by atoms with Gasteiger partial charge in [0.25, 0.3) is 5.78 Å². The second-order valence-electron chi connectivity index (χ2n) is 6.82. The predicted molar refractivity (Wildman–Crippen MR) is 101 cm³/mol. The highest BCUT2D eigenvalue weighted by molar-refractivity contribution is 5.46. The Balaban J connectivity index is 1.67. The summed E-state index contributed by atoms with van der Waals surface area (Å²) in [5, 5.41) is 11.6. The molecule has 0 aliphatic carbocycles. The summed E-state index contributed by atoms with van der Waals surface area (Å²) >= 11 is 0. The van der Waals surface area contributed by atoms with Gasteiger partial charge in [0.15, 0.2) is 5.69 Å². The highest BCUT2D eigenvalue weighted by Crippen LogP contribution is 2.30. The SMILES string of the molecule is CC(C)c1nn(-c2ccccc2)cc1CNc1cc(C(F)(F)F)nc2ncnn12. The van der Waals surface area contributed by atoms with Crippen molar-refractivity contribution in [3.8, 4) is 5.69 Å². The van der Waals surface area contributed by atoms with E-state index < -0.39 is 11.9 Å². The third-order valence-electron chi connectivity index (χ3n) is 4.39. The van der Waals surface area contributed by atoms with Gasteiger partial charge in [-0.25, -0.2) is 9.67 Å². The first-order valence-electron chi connectivity index (χ1n) is 8.98. The van der Waals surface area contributed by atoms with Gasteiger partial charge in [-0.3, -0.25) is 0 Å².